The fourth-order valence-electron chi connectivity index (χ4n) is 1.80. The van der Waals surface area contributed by atoms with E-state index < -0.39 is 83.5 Å². The van der Waals surface area contributed by atoms with Gasteiger partial charge in [0.25, 0.3) is 0 Å². The van der Waals surface area contributed by atoms with Gasteiger partial charge in [-0.3, -0.25) is 0 Å². The summed E-state index contributed by atoms with van der Waals surface area (Å²) < 4.78 is 318. The van der Waals surface area contributed by atoms with Gasteiger partial charge >= 0.3 is 88.4 Å². The van der Waals surface area contributed by atoms with Gasteiger partial charge in [-0.2, -0.15) is 114 Å². The predicted molar refractivity (Wildman–Crippen MR) is 71.6 cm³/mol. The molecule has 4 nitrogen and oxygen atoms in total. The average molecular weight is 785 g/mol. The van der Waals surface area contributed by atoms with E-state index in [4.69, 9.17) is 0 Å². The molecule has 271 valence electrons. The summed E-state index contributed by atoms with van der Waals surface area (Å²) in [7, 11) is 0. The van der Waals surface area contributed by atoms with Gasteiger partial charge in [0.05, 0.1) is 0 Å². The van der Waals surface area contributed by atoms with Gasteiger partial charge in [-0.05, 0) is 0 Å². The van der Waals surface area contributed by atoms with Crippen LogP contribution >= 0.6 is 0 Å². The first-order valence-electron chi connectivity index (χ1n) is 8.73. The smallest absolute Gasteiger partial charge is 0.544 e. The van der Waals surface area contributed by atoms with Gasteiger partial charge in [-0.15, -0.1) is 0 Å². The van der Waals surface area contributed by atoms with Gasteiger partial charge in [-0.25, -0.2) is 0 Å². The van der Waals surface area contributed by atoms with Crippen molar-refractivity contribution in [2.24, 2.45) is 0 Å². The molecule has 0 aromatic heterocycles. The Hall–Kier alpha value is -2.37. The van der Waals surface area contributed by atoms with Crippen LogP contribution in [-0.2, 0) is 26.4 Å². The third kappa shape index (κ3) is 6.59. The topological polar surface area (TPSA) is 80.3 Å². The molecule has 1 radical (unpaired) electrons. The quantitative estimate of drug-likeness (QED) is 0.294. The number of carboxylic acid groups (broad SMARTS) is 2. The Kier molecular flexibility index (Phi) is 12.6. The number of hydrogen-bond donors (Lipinski definition) is 0. The molecule has 0 spiro atoms. The van der Waals surface area contributed by atoms with Gasteiger partial charge < -0.3 is 19.8 Å². The Bertz CT molecular complexity index is 987. The van der Waals surface area contributed by atoms with E-state index in [1.54, 1.807) is 0 Å². The van der Waals surface area contributed by atoms with Crippen LogP contribution in [0.5, 0.6) is 0 Å². The van der Waals surface area contributed by atoms with Crippen molar-refractivity contribution in [2.45, 2.75) is 71.6 Å². The van der Waals surface area contributed by atoms with Crippen molar-refractivity contribution >= 4 is 11.9 Å². The average Bonchev–Trinajstić information content (AvgIpc) is 2.76. The minimum Gasteiger partial charge on any atom is -0.544 e. The summed E-state index contributed by atoms with van der Waals surface area (Å²) in [5.74, 6) is -87.0. The number of carboxylic acids is 2. The van der Waals surface area contributed by atoms with E-state index in [2.05, 4.69) is 0 Å². The van der Waals surface area contributed by atoms with Crippen LogP contribution in [0.15, 0.2) is 0 Å². The molecule has 0 aliphatic heterocycles. The van der Waals surface area contributed by atoms with E-state index in [0.29, 0.717) is 0 Å². The van der Waals surface area contributed by atoms with Crippen LogP contribution in [-0.4, -0.2) is 83.5 Å². The molecule has 0 amide bonds. The van der Waals surface area contributed by atoms with Crippen LogP contribution in [0.1, 0.15) is 0 Å². The molecule has 0 fully saturated rings. The van der Waals surface area contributed by atoms with Gasteiger partial charge in [0.15, 0.2) is 0 Å². The van der Waals surface area contributed by atoms with Crippen molar-refractivity contribution in [3.8, 4) is 0 Å². The maximum atomic E-state index is 12.6. The Morgan fingerprint density at radius 1 is 0.289 bits per heavy atom. The van der Waals surface area contributed by atoms with Crippen molar-refractivity contribution in [1.29, 1.82) is 0 Å². The molecule has 0 saturated carbocycles. The maximum absolute atomic E-state index is 12.6. The van der Waals surface area contributed by atoms with Gasteiger partial charge in [0.1, 0.15) is 11.9 Å². The molecular weight excluding hydrogens is 785 g/mol. The van der Waals surface area contributed by atoms with Crippen molar-refractivity contribution in [3.05, 3.63) is 0 Å². The van der Waals surface area contributed by atoms with Gasteiger partial charge in [0.2, 0.25) is 0 Å². The Labute approximate surface area is 235 Å². The van der Waals surface area contributed by atoms with E-state index in [9.17, 15) is 134 Å². The standard InChI is InChI=1S/2C7HF13O2.Co/c2*8-2(9,1(21)22)3(10,11)4(12,13)5(14,15)6(16,17)7(18,19)20;/h2*(H,21,22);/q;;+2/p-2. The number of aliphatic carboxylic acids is 2. The van der Waals surface area contributed by atoms with Crippen molar-refractivity contribution in [2.75, 3.05) is 0 Å². The number of carbonyl (C=O) groups excluding carboxylic acids is 2. The number of rotatable bonds is 10. The first kappa shape index (κ1) is 47.0. The number of hydrogen-bond acceptors (Lipinski definition) is 4. The van der Waals surface area contributed by atoms with Crippen LogP contribution < -0.4 is 10.2 Å². The minimum absolute atomic E-state index is 0. The van der Waals surface area contributed by atoms with Crippen molar-refractivity contribution in [3.63, 3.8) is 0 Å². The fraction of sp³-hybridized carbons (Fsp3) is 0.857. The third-order valence-corrected chi connectivity index (χ3v) is 4.38. The zero-order valence-electron chi connectivity index (χ0n) is 18.8. The molecule has 0 bridgehead atoms. The van der Waals surface area contributed by atoms with E-state index in [1.807, 2.05) is 0 Å². The van der Waals surface area contributed by atoms with Crippen LogP contribution in [0.2, 0.25) is 0 Å². The molecule has 45 heavy (non-hydrogen) atoms. The molecule has 0 aromatic rings. The molecule has 0 aromatic carbocycles. The van der Waals surface area contributed by atoms with Crippen LogP contribution in [0.4, 0.5) is 114 Å². The second-order valence-corrected chi connectivity index (χ2v) is 7.31. The summed E-state index contributed by atoms with van der Waals surface area (Å²) in [6.45, 7) is 0. The first-order chi connectivity index (χ1) is 18.4. The zero-order valence-corrected chi connectivity index (χ0v) is 19.8. The van der Waals surface area contributed by atoms with E-state index >= 15 is 0 Å². The van der Waals surface area contributed by atoms with Crippen molar-refractivity contribution in [1.82, 2.24) is 0 Å². The molecule has 0 unspecified atom stereocenters. The van der Waals surface area contributed by atoms with Gasteiger partial charge in [0, 0.05) is 0 Å². The third-order valence-electron chi connectivity index (χ3n) is 4.38. The van der Waals surface area contributed by atoms with Crippen LogP contribution in [0, 0.1) is 0 Å². The predicted octanol–water partition coefficient (Wildman–Crippen LogP) is 4.95. The molecule has 0 atom stereocenters. The van der Waals surface area contributed by atoms with E-state index in [1.165, 1.54) is 0 Å². The second-order valence-electron chi connectivity index (χ2n) is 7.31. The van der Waals surface area contributed by atoms with E-state index in [-0.39, 0.29) is 16.8 Å². The molecule has 31 heteroatoms. The molecule has 0 heterocycles. The SMILES string of the molecule is O=C([O-])C(F)(F)C(F)(F)C(F)(F)C(F)(F)C(F)(F)C(F)(F)F.O=C([O-])C(F)(F)C(F)(F)C(F)(F)C(F)(F)C(F)(F)C(F)(F)F.[Co+2]. The molecule has 0 saturated heterocycles. The largest absolute Gasteiger partial charge is 2.00 e. The summed E-state index contributed by atoms with van der Waals surface area (Å²) in [6.07, 6.45) is -15.1. The zero-order chi connectivity index (χ0) is 37.2. The Balaban J connectivity index is -0.000000767. The number of alkyl halides is 26. The first-order valence-corrected chi connectivity index (χ1v) is 8.73. The number of carbonyl (C=O) groups is 2. The van der Waals surface area contributed by atoms with Crippen LogP contribution in [0.3, 0.4) is 0 Å². The summed E-state index contributed by atoms with van der Waals surface area (Å²) in [5.41, 5.74) is 0. The Morgan fingerprint density at radius 2 is 0.422 bits per heavy atom. The maximum Gasteiger partial charge on any atom is 2.00 e. The van der Waals surface area contributed by atoms with E-state index in [0.717, 1.165) is 0 Å². The van der Waals surface area contributed by atoms with Gasteiger partial charge in [-0.1, -0.05) is 0 Å². The van der Waals surface area contributed by atoms with Crippen LogP contribution in [0.25, 0.3) is 0 Å². The molecule has 0 N–H and O–H groups in total. The minimum atomic E-state index is -8.11. The molecule has 0 aliphatic carbocycles. The summed E-state index contributed by atoms with van der Waals surface area (Å²) in [4.78, 5) is 19.1. The fourth-order valence-corrected chi connectivity index (χ4v) is 1.80. The summed E-state index contributed by atoms with van der Waals surface area (Å²) in [5, 5.41) is 19.1. The normalized spacial score (nSPS) is 15.5. The molecule has 0 aliphatic rings. The monoisotopic (exact) mass is 785 g/mol. The second kappa shape index (κ2) is 12.0. The summed E-state index contributed by atoms with van der Waals surface area (Å²) in [6, 6.07) is 0. The number of halogens is 26. The van der Waals surface area contributed by atoms with Crippen molar-refractivity contribution < 1.29 is 151 Å². The molecule has 0 rings (SSSR count). The summed E-state index contributed by atoms with van der Waals surface area (Å²) >= 11 is 0. The Morgan fingerprint density at radius 3 is 0.533 bits per heavy atom. The molecular formula is C14CoF26O4.